The number of carbonyl (C=O) groups excluding carboxylic acids is 5. The molecule has 0 aromatic heterocycles. The van der Waals surface area contributed by atoms with Crippen LogP contribution in [0.25, 0.3) is 0 Å². The molecule has 1 unspecified atom stereocenters. The van der Waals surface area contributed by atoms with Gasteiger partial charge in [-0.3, -0.25) is 28.9 Å². The Balaban J connectivity index is 0.00000173. The molecule has 3 fully saturated rings. The Kier molecular flexibility index (Phi) is 20.6. The van der Waals surface area contributed by atoms with Gasteiger partial charge in [0.2, 0.25) is 29.5 Å². The highest BCUT2D eigenvalue weighted by Gasteiger charge is 2.41. The maximum atomic E-state index is 12.6. The SMILES string of the molecule is C=C1CC(C2CCC2)C(=O)N1CCC(=O)NCCOCCOCCOCCOCCC(=O)Nc1ccc(CCC(=O)N2CCC2=O)cc1.CCCS. The van der Waals surface area contributed by atoms with E-state index in [0.717, 1.165) is 36.3 Å². The number of nitrogens with zero attached hydrogens (tertiary/aromatic N) is 2. The van der Waals surface area contributed by atoms with E-state index in [-0.39, 0.29) is 61.3 Å². The summed E-state index contributed by atoms with van der Waals surface area (Å²) < 4.78 is 21.9. The zero-order valence-corrected chi connectivity index (χ0v) is 31.6. The van der Waals surface area contributed by atoms with Crippen LogP contribution in [0.4, 0.5) is 5.69 Å². The smallest absolute Gasteiger partial charge is 0.230 e. The van der Waals surface area contributed by atoms with E-state index in [2.05, 4.69) is 36.8 Å². The lowest BCUT2D eigenvalue weighted by molar-refractivity contribution is -0.152. The molecule has 0 radical (unpaired) electrons. The zero-order valence-electron chi connectivity index (χ0n) is 30.7. The van der Waals surface area contributed by atoms with Crippen molar-refractivity contribution in [1.29, 1.82) is 0 Å². The molecule has 2 saturated heterocycles. The van der Waals surface area contributed by atoms with Crippen molar-refractivity contribution in [3.63, 3.8) is 0 Å². The Morgan fingerprint density at radius 1 is 0.865 bits per heavy atom. The molecule has 1 atom stereocenters. The summed E-state index contributed by atoms with van der Waals surface area (Å²) in [7, 11) is 0. The van der Waals surface area contributed by atoms with Gasteiger partial charge in [0.15, 0.2) is 0 Å². The first kappa shape index (κ1) is 43.1. The predicted octanol–water partition coefficient (Wildman–Crippen LogP) is 3.77. The summed E-state index contributed by atoms with van der Waals surface area (Å²) in [5, 5.41) is 5.64. The molecule has 3 aliphatic rings. The first-order valence-corrected chi connectivity index (χ1v) is 19.3. The van der Waals surface area contributed by atoms with Crippen molar-refractivity contribution in [2.75, 3.05) is 83.6 Å². The van der Waals surface area contributed by atoms with E-state index >= 15 is 0 Å². The van der Waals surface area contributed by atoms with Crippen molar-refractivity contribution in [3.8, 4) is 0 Å². The van der Waals surface area contributed by atoms with Crippen LogP contribution in [-0.4, -0.2) is 118 Å². The molecule has 4 rings (SSSR count). The van der Waals surface area contributed by atoms with Gasteiger partial charge in [-0.15, -0.1) is 0 Å². The van der Waals surface area contributed by atoms with Crippen molar-refractivity contribution in [1.82, 2.24) is 15.1 Å². The van der Waals surface area contributed by atoms with Crippen LogP contribution in [-0.2, 0) is 49.3 Å². The highest BCUT2D eigenvalue weighted by atomic mass is 32.1. The summed E-state index contributed by atoms with van der Waals surface area (Å²) in [6, 6.07) is 7.30. The number of hydrogen-bond donors (Lipinski definition) is 3. The van der Waals surface area contributed by atoms with Crippen LogP contribution in [0, 0.1) is 11.8 Å². The molecule has 14 heteroatoms. The van der Waals surface area contributed by atoms with Crippen LogP contribution in [0.15, 0.2) is 36.5 Å². The fraction of sp³-hybridized carbons (Fsp3) is 0.658. The molecule has 2 N–H and O–H groups in total. The van der Waals surface area contributed by atoms with Crippen LogP contribution in [0.3, 0.4) is 0 Å². The topological polar surface area (TPSA) is 153 Å². The predicted molar refractivity (Wildman–Crippen MR) is 201 cm³/mol. The number of nitrogens with one attached hydrogen (secondary N) is 2. The molecule has 1 aliphatic carbocycles. The number of imide groups is 1. The minimum atomic E-state index is -0.160. The number of β-lactam (4-membered cyclic amide) rings is 1. The van der Waals surface area contributed by atoms with Gasteiger partial charge in [-0.05, 0) is 61.5 Å². The van der Waals surface area contributed by atoms with Crippen LogP contribution < -0.4 is 10.6 Å². The number of likely N-dealkylation sites (tertiary alicyclic amines) is 2. The first-order valence-electron chi connectivity index (χ1n) is 18.6. The van der Waals surface area contributed by atoms with Gasteiger partial charge in [-0.25, -0.2) is 0 Å². The minimum absolute atomic E-state index is 0.0586. The molecule has 1 saturated carbocycles. The second-order valence-electron chi connectivity index (χ2n) is 13.0. The third-order valence-electron chi connectivity index (χ3n) is 9.10. The molecular formula is C38H58N4O9S. The number of benzene rings is 1. The molecule has 5 amide bonds. The fourth-order valence-electron chi connectivity index (χ4n) is 5.72. The summed E-state index contributed by atoms with van der Waals surface area (Å²) in [5.74, 6) is 1.17. The highest BCUT2D eigenvalue weighted by Crippen LogP contribution is 2.41. The largest absolute Gasteiger partial charge is 0.379 e. The molecular weight excluding hydrogens is 689 g/mol. The molecule has 1 aromatic carbocycles. The van der Waals surface area contributed by atoms with E-state index in [1.165, 1.54) is 17.7 Å². The Morgan fingerprint density at radius 3 is 2.02 bits per heavy atom. The van der Waals surface area contributed by atoms with Crippen molar-refractivity contribution in [2.45, 2.75) is 71.1 Å². The number of carbonyl (C=O) groups is 5. The van der Waals surface area contributed by atoms with Gasteiger partial charge in [-0.2, -0.15) is 12.6 Å². The Hall–Kier alpha value is -3.30. The van der Waals surface area contributed by atoms with Gasteiger partial charge in [-0.1, -0.05) is 32.1 Å². The molecule has 13 nitrogen and oxygen atoms in total. The first-order chi connectivity index (χ1) is 25.2. The van der Waals surface area contributed by atoms with Gasteiger partial charge in [0.05, 0.1) is 59.3 Å². The lowest BCUT2D eigenvalue weighted by Gasteiger charge is -2.29. The van der Waals surface area contributed by atoms with Crippen LogP contribution in [0.5, 0.6) is 0 Å². The second-order valence-corrected chi connectivity index (χ2v) is 13.5. The average Bonchev–Trinajstić information content (AvgIpc) is 3.38. The number of rotatable bonds is 24. The van der Waals surface area contributed by atoms with E-state index in [1.807, 2.05) is 12.1 Å². The number of ether oxygens (including phenoxy) is 4. The average molecular weight is 747 g/mol. The van der Waals surface area contributed by atoms with Crippen LogP contribution in [0.2, 0.25) is 0 Å². The lowest BCUT2D eigenvalue weighted by atomic mass is 9.75. The Bertz CT molecular complexity index is 1290. The fourth-order valence-corrected chi connectivity index (χ4v) is 5.72. The van der Waals surface area contributed by atoms with Crippen molar-refractivity contribution in [2.24, 2.45) is 11.8 Å². The second kappa shape index (κ2) is 24.9. The highest BCUT2D eigenvalue weighted by molar-refractivity contribution is 7.80. The molecule has 2 heterocycles. The van der Waals surface area contributed by atoms with E-state index in [4.69, 9.17) is 18.9 Å². The lowest BCUT2D eigenvalue weighted by Crippen LogP contribution is -2.47. The quantitative estimate of drug-likeness (QED) is 0.0816. The molecule has 290 valence electrons. The minimum Gasteiger partial charge on any atom is -0.379 e. The third kappa shape index (κ3) is 15.7. The van der Waals surface area contributed by atoms with E-state index < -0.39 is 0 Å². The number of anilines is 1. The summed E-state index contributed by atoms with van der Waals surface area (Å²) >= 11 is 3.92. The maximum absolute atomic E-state index is 12.6. The monoisotopic (exact) mass is 746 g/mol. The zero-order chi connectivity index (χ0) is 37.6. The van der Waals surface area contributed by atoms with Gasteiger partial charge in [0, 0.05) is 56.2 Å². The summed E-state index contributed by atoms with van der Waals surface area (Å²) in [5.41, 5.74) is 2.46. The molecule has 2 aliphatic heterocycles. The number of allylic oxidation sites excluding steroid dienone is 1. The maximum Gasteiger partial charge on any atom is 0.230 e. The van der Waals surface area contributed by atoms with Crippen LogP contribution in [0.1, 0.15) is 70.3 Å². The number of hydrogen-bond acceptors (Lipinski definition) is 10. The van der Waals surface area contributed by atoms with E-state index in [1.54, 1.807) is 17.0 Å². The normalized spacial score (nSPS) is 17.0. The van der Waals surface area contributed by atoms with E-state index in [0.29, 0.717) is 90.3 Å². The van der Waals surface area contributed by atoms with Gasteiger partial charge in [0.25, 0.3) is 0 Å². The third-order valence-corrected chi connectivity index (χ3v) is 9.55. The molecule has 0 spiro atoms. The Morgan fingerprint density at radius 2 is 1.48 bits per heavy atom. The van der Waals surface area contributed by atoms with Gasteiger partial charge in [0.1, 0.15) is 0 Å². The standard InChI is InChI=1S/C35H50N4O9.C3H8S/c1-26-25-30(28-3-2-4-28)35(44)38(26)15-11-31(40)36-14-18-46-20-22-48-24-23-47-21-19-45-17-13-32(41)37-29-8-5-27(6-9-29)7-10-33(42)39-16-12-34(39)43;1-2-3-4/h5-6,8-9,28,30H,1-4,7,10-25H2,(H,36,40)(H,37,41);4H,2-3H2,1H3. The van der Waals surface area contributed by atoms with Crippen LogP contribution >= 0.6 is 12.6 Å². The number of thiol groups is 1. The number of aryl methyl sites for hydroxylation is 1. The molecule has 0 bridgehead atoms. The summed E-state index contributed by atoms with van der Waals surface area (Å²) in [6.45, 7) is 10.5. The Labute approximate surface area is 313 Å². The summed E-state index contributed by atoms with van der Waals surface area (Å²) in [6.07, 6.45) is 7.09. The van der Waals surface area contributed by atoms with Gasteiger partial charge < -0.3 is 34.5 Å². The van der Waals surface area contributed by atoms with Crippen molar-refractivity contribution < 1.29 is 42.9 Å². The number of amides is 5. The van der Waals surface area contributed by atoms with Gasteiger partial charge >= 0.3 is 0 Å². The van der Waals surface area contributed by atoms with Crippen molar-refractivity contribution in [3.05, 3.63) is 42.1 Å². The summed E-state index contributed by atoms with van der Waals surface area (Å²) in [4.78, 5) is 63.3. The van der Waals surface area contributed by atoms with Crippen molar-refractivity contribution >= 4 is 47.9 Å². The van der Waals surface area contributed by atoms with E-state index in [9.17, 15) is 24.0 Å². The molecule has 52 heavy (non-hydrogen) atoms. The molecule has 1 aromatic rings.